The van der Waals surface area contributed by atoms with Crippen LogP contribution in [0.15, 0.2) is 18.2 Å². The van der Waals surface area contributed by atoms with Crippen LogP contribution >= 0.6 is 12.4 Å². The molecule has 0 bridgehead atoms. The van der Waals surface area contributed by atoms with E-state index in [1.165, 1.54) is 0 Å². The summed E-state index contributed by atoms with van der Waals surface area (Å²) in [6, 6.07) is 5.68. The first-order valence-corrected chi connectivity index (χ1v) is 3.04. The Balaban J connectivity index is 0.000000810. The van der Waals surface area contributed by atoms with E-state index in [0.717, 1.165) is 12.1 Å². The van der Waals surface area contributed by atoms with Crippen molar-refractivity contribution >= 4 is 18.2 Å². The standard InChI is InChI=1S/C7H10N2.ClH/c1-2-6-4-3-5-7(8)9-6;/h3-5H,2H2,1H3,(H2,8,9);1H. The van der Waals surface area contributed by atoms with E-state index in [0.29, 0.717) is 5.82 Å². The molecule has 10 heavy (non-hydrogen) atoms. The van der Waals surface area contributed by atoms with Gasteiger partial charge in [-0.15, -0.1) is 12.4 Å². The highest BCUT2D eigenvalue weighted by Gasteiger charge is 1.87. The summed E-state index contributed by atoms with van der Waals surface area (Å²) in [5.74, 6) is 0.606. The first-order valence-electron chi connectivity index (χ1n) is 3.04. The second-order valence-electron chi connectivity index (χ2n) is 1.91. The van der Waals surface area contributed by atoms with Crippen LogP contribution in [0.3, 0.4) is 0 Å². The summed E-state index contributed by atoms with van der Waals surface area (Å²) < 4.78 is 0. The van der Waals surface area contributed by atoms with Gasteiger partial charge in [0.05, 0.1) is 0 Å². The highest BCUT2D eigenvalue weighted by Crippen LogP contribution is 1.99. The number of halogens is 1. The van der Waals surface area contributed by atoms with E-state index in [-0.39, 0.29) is 12.4 Å². The molecule has 0 amide bonds. The molecule has 1 heterocycles. The topological polar surface area (TPSA) is 38.9 Å². The van der Waals surface area contributed by atoms with E-state index in [2.05, 4.69) is 11.9 Å². The fourth-order valence-corrected chi connectivity index (χ4v) is 0.695. The molecule has 56 valence electrons. The zero-order valence-corrected chi connectivity index (χ0v) is 6.69. The van der Waals surface area contributed by atoms with Crippen molar-refractivity contribution in [3.05, 3.63) is 23.9 Å². The zero-order valence-electron chi connectivity index (χ0n) is 5.87. The number of nitrogens with two attached hydrogens (primary N) is 1. The molecule has 0 aromatic carbocycles. The van der Waals surface area contributed by atoms with E-state index in [9.17, 15) is 0 Å². The van der Waals surface area contributed by atoms with Gasteiger partial charge in [0.1, 0.15) is 5.82 Å². The second kappa shape index (κ2) is 4.12. The molecule has 0 aliphatic carbocycles. The number of rotatable bonds is 1. The molecule has 0 fully saturated rings. The number of pyridine rings is 1. The highest BCUT2D eigenvalue weighted by atomic mass is 35.5. The van der Waals surface area contributed by atoms with Crippen LogP contribution in [0.5, 0.6) is 0 Å². The van der Waals surface area contributed by atoms with Crippen LogP contribution in [0.25, 0.3) is 0 Å². The summed E-state index contributed by atoms with van der Waals surface area (Å²) >= 11 is 0. The van der Waals surface area contributed by atoms with Crippen LogP contribution in [-0.4, -0.2) is 4.98 Å². The Morgan fingerprint density at radius 3 is 2.60 bits per heavy atom. The largest absolute Gasteiger partial charge is 0.384 e. The number of aryl methyl sites for hydroxylation is 1. The summed E-state index contributed by atoms with van der Waals surface area (Å²) in [7, 11) is 0. The van der Waals surface area contributed by atoms with Crippen LogP contribution < -0.4 is 5.73 Å². The smallest absolute Gasteiger partial charge is 0.123 e. The molecule has 1 aromatic heterocycles. The number of nitrogen functional groups attached to an aromatic ring is 1. The SMILES string of the molecule is CCc1cccc(N)n1.Cl. The lowest BCUT2D eigenvalue weighted by Gasteiger charge is -1.94. The molecule has 0 atom stereocenters. The zero-order chi connectivity index (χ0) is 6.69. The molecule has 0 aliphatic heterocycles. The van der Waals surface area contributed by atoms with Crippen LogP contribution in [0.2, 0.25) is 0 Å². The second-order valence-corrected chi connectivity index (χ2v) is 1.91. The van der Waals surface area contributed by atoms with Crippen molar-refractivity contribution in [2.45, 2.75) is 13.3 Å². The molecule has 2 N–H and O–H groups in total. The van der Waals surface area contributed by atoms with Gasteiger partial charge >= 0.3 is 0 Å². The molecule has 0 spiro atoms. The van der Waals surface area contributed by atoms with Gasteiger partial charge in [-0.2, -0.15) is 0 Å². The fraction of sp³-hybridized carbons (Fsp3) is 0.286. The van der Waals surface area contributed by atoms with E-state index in [1.54, 1.807) is 6.07 Å². The number of aromatic nitrogens is 1. The first kappa shape index (κ1) is 9.24. The van der Waals surface area contributed by atoms with Crippen molar-refractivity contribution < 1.29 is 0 Å². The lowest BCUT2D eigenvalue weighted by Crippen LogP contribution is -1.92. The van der Waals surface area contributed by atoms with Crippen molar-refractivity contribution in [2.24, 2.45) is 0 Å². The number of nitrogens with zero attached hydrogens (tertiary/aromatic N) is 1. The summed E-state index contributed by atoms with van der Waals surface area (Å²) in [5.41, 5.74) is 6.47. The molecule has 3 heteroatoms. The maximum absolute atomic E-state index is 5.42. The normalized spacial score (nSPS) is 8.50. The molecule has 0 saturated carbocycles. The van der Waals surface area contributed by atoms with Crippen molar-refractivity contribution in [3.63, 3.8) is 0 Å². The maximum Gasteiger partial charge on any atom is 0.123 e. The molecule has 0 aliphatic rings. The van der Waals surface area contributed by atoms with E-state index < -0.39 is 0 Å². The van der Waals surface area contributed by atoms with Gasteiger partial charge in [-0.25, -0.2) is 4.98 Å². The van der Waals surface area contributed by atoms with E-state index in [4.69, 9.17) is 5.73 Å². The lowest BCUT2D eigenvalue weighted by molar-refractivity contribution is 1.04. The molecule has 1 rings (SSSR count). The third-order valence-electron chi connectivity index (χ3n) is 1.19. The van der Waals surface area contributed by atoms with Gasteiger partial charge in [-0.05, 0) is 18.6 Å². The Morgan fingerprint density at radius 2 is 2.20 bits per heavy atom. The average Bonchev–Trinajstić information content (AvgIpc) is 1.88. The van der Waals surface area contributed by atoms with Gasteiger partial charge in [0, 0.05) is 5.69 Å². The molecule has 0 saturated heterocycles. The minimum atomic E-state index is 0. The van der Waals surface area contributed by atoms with Gasteiger partial charge in [0.2, 0.25) is 0 Å². The third kappa shape index (κ3) is 2.23. The quantitative estimate of drug-likeness (QED) is 0.675. The summed E-state index contributed by atoms with van der Waals surface area (Å²) in [6.45, 7) is 2.06. The Kier molecular flexibility index (Phi) is 3.81. The Bertz CT molecular complexity index is 201. The predicted molar refractivity (Wildman–Crippen MR) is 45.3 cm³/mol. The average molecular weight is 159 g/mol. The predicted octanol–water partition coefficient (Wildman–Crippen LogP) is 1.65. The van der Waals surface area contributed by atoms with Crippen LogP contribution in [0, 0.1) is 0 Å². The molecular formula is C7H11ClN2. The van der Waals surface area contributed by atoms with Crippen molar-refractivity contribution in [1.29, 1.82) is 0 Å². The molecule has 0 unspecified atom stereocenters. The van der Waals surface area contributed by atoms with E-state index in [1.807, 2.05) is 12.1 Å². The third-order valence-corrected chi connectivity index (χ3v) is 1.19. The highest BCUT2D eigenvalue weighted by molar-refractivity contribution is 5.85. The summed E-state index contributed by atoms with van der Waals surface area (Å²) in [4.78, 5) is 4.07. The minimum Gasteiger partial charge on any atom is -0.384 e. The molecular weight excluding hydrogens is 148 g/mol. The Hall–Kier alpha value is -0.760. The summed E-state index contributed by atoms with van der Waals surface area (Å²) in [5, 5.41) is 0. The Morgan fingerprint density at radius 1 is 1.50 bits per heavy atom. The molecule has 1 aromatic rings. The van der Waals surface area contributed by atoms with Crippen LogP contribution in [-0.2, 0) is 6.42 Å². The van der Waals surface area contributed by atoms with Gasteiger partial charge in [0.25, 0.3) is 0 Å². The maximum atomic E-state index is 5.42. The van der Waals surface area contributed by atoms with Gasteiger partial charge in [-0.3, -0.25) is 0 Å². The number of hydrogen-bond acceptors (Lipinski definition) is 2. The van der Waals surface area contributed by atoms with E-state index >= 15 is 0 Å². The van der Waals surface area contributed by atoms with Gasteiger partial charge in [-0.1, -0.05) is 13.0 Å². The molecule has 2 nitrogen and oxygen atoms in total. The monoisotopic (exact) mass is 158 g/mol. The first-order chi connectivity index (χ1) is 4.33. The van der Waals surface area contributed by atoms with Gasteiger partial charge < -0.3 is 5.73 Å². The molecule has 0 radical (unpaired) electrons. The number of anilines is 1. The van der Waals surface area contributed by atoms with Crippen molar-refractivity contribution in [3.8, 4) is 0 Å². The fourth-order valence-electron chi connectivity index (χ4n) is 0.695. The van der Waals surface area contributed by atoms with Crippen LogP contribution in [0.1, 0.15) is 12.6 Å². The van der Waals surface area contributed by atoms with Crippen molar-refractivity contribution in [2.75, 3.05) is 5.73 Å². The minimum absolute atomic E-state index is 0. The Labute approximate surface area is 66.9 Å². The van der Waals surface area contributed by atoms with Crippen LogP contribution in [0.4, 0.5) is 5.82 Å². The van der Waals surface area contributed by atoms with Gasteiger partial charge in [0.15, 0.2) is 0 Å². The van der Waals surface area contributed by atoms with Crippen molar-refractivity contribution in [1.82, 2.24) is 4.98 Å². The number of hydrogen-bond donors (Lipinski definition) is 1. The lowest BCUT2D eigenvalue weighted by atomic mass is 10.3. The summed E-state index contributed by atoms with van der Waals surface area (Å²) in [6.07, 6.45) is 0.949.